The number of rotatable bonds is 5. The molecule has 25 heavy (non-hydrogen) atoms. The third-order valence-corrected chi connectivity index (χ3v) is 4.31. The first-order chi connectivity index (χ1) is 12.0. The van der Waals surface area contributed by atoms with Gasteiger partial charge in [0.15, 0.2) is 16.6 Å². The molecule has 1 heterocycles. The minimum atomic E-state index is -0.999. The van der Waals surface area contributed by atoms with Crippen molar-refractivity contribution in [2.75, 3.05) is 19.5 Å². The number of carboxylic acid groups (broad SMARTS) is 1. The first-order valence-corrected chi connectivity index (χ1v) is 8.00. The zero-order chi connectivity index (χ0) is 18.0. The molecule has 7 nitrogen and oxygen atoms in total. The summed E-state index contributed by atoms with van der Waals surface area (Å²) < 4.78 is 10.3. The van der Waals surface area contributed by atoms with Gasteiger partial charge < -0.3 is 19.9 Å². The van der Waals surface area contributed by atoms with Crippen LogP contribution in [-0.2, 0) is 0 Å². The highest BCUT2D eigenvalue weighted by Crippen LogP contribution is 2.31. The number of carbonyl (C=O) groups is 1. The molecule has 0 bridgehead atoms. The Kier molecular flexibility index (Phi) is 4.53. The van der Waals surface area contributed by atoms with Gasteiger partial charge >= 0.3 is 5.97 Å². The first kappa shape index (κ1) is 16.7. The van der Waals surface area contributed by atoms with E-state index in [9.17, 15) is 9.59 Å². The Morgan fingerprint density at radius 3 is 2.36 bits per heavy atom. The third-order valence-electron chi connectivity index (χ3n) is 3.52. The largest absolute Gasteiger partial charge is 0.493 e. The van der Waals surface area contributed by atoms with Gasteiger partial charge in [0.25, 0.3) is 0 Å². The smallest absolute Gasteiger partial charge is 0.335 e. The molecule has 3 rings (SSSR count). The number of hydrogen-bond donors (Lipinski definition) is 2. The summed E-state index contributed by atoms with van der Waals surface area (Å²) in [7, 11) is 3.01. The number of aromatic nitrogens is 1. The maximum Gasteiger partial charge on any atom is 0.335 e. The molecule has 128 valence electrons. The van der Waals surface area contributed by atoms with Gasteiger partial charge in [0, 0.05) is 11.8 Å². The number of hydrogen-bond acceptors (Lipinski definition) is 7. The maximum absolute atomic E-state index is 12.4. The zero-order valence-corrected chi connectivity index (χ0v) is 14.2. The summed E-state index contributed by atoms with van der Waals surface area (Å²) in [5, 5.41) is 12.8. The maximum atomic E-state index is 12.4. The highest BCUT2D eigenvalue weighted by atomic mass is 32.1. The van der Waals surface area contributed by atoms with Gasteiger partial charge in [-0.05, 0) is 30.3 Å². The number of anilines is 2. The van der Waals surface area contributed by atoms with Gasteiger partial charge in [0.2, 0.25) is 4.74 Å². The van der Waals surface area contributed by atoms with E-state index in [2.05, 4.69) is 10.3 Å². The Labute approximate surface area is 146 Å². The summed E-state index contributed by atoms with van der Waals surface area (Å²) in [4.78, 5) is 27.7. The Morgan fingerprint density at radius 1 is 1.12 bits per heavy atom. The lowest BCUT2D eigenvalue weighted by Crippen LogP contribution is -2.03. The lowest BCUT2D eigenvalue weighted by atomic mass is 10.2. The molecule has 0 aliphatic carbocycles. The fourth-order valence-electron chi connectivity index (χ4n) is 2.27. The lowest BCUT2D eigenvalue weighted by molar-refractivity contribution is 0.0697. The van der Waals surface area contributed by atoms with Crippen molar-refractivity contribution < 1.29 is 19.4 Å². The molecule has 0 fully saturated rings. The first-order valence-electron chi connectivity index (χ1n) is 7.19. The molecule has 2 N–H and O–H groups in total. The van der Waals surface area contributed by atoms with Gasteiger partial charge in [-0.3, -0.25) is 4.79 Å². The quantitative estimate of drug-likeness (QED) is 0.723. The normalized spacial score (nSPS) is 10.5. The summed E-state index contributed by atoms with van der Waals surface area (Å²) in [6, 6.07) is 9.42. The number of nitrogens with one attached hydrogen (secondary N) is 1. The number of carboxylic acids is 1. The summed E-state index contributed by atoms with van der Waals surface area (Å²) >= 11 is 0.954. The molecular weight excluding hydrogens is 344 g/mol. The van der Waals surface area contributed by atoms with Crippen molar-refractivity contribution in [1.82, 2.24) is 4.98 Å². The van der Waals surface area contributed by atoms with Crippen molar-refractivity contribution in [3.8, 4) is 11.5 Å². The van der Waals surface area contributed by atoms with E-state index in [0.717, 1.165) is 11.3 Å². The minimum absolute atomic E-state index is 0.171. The fraction of sp³-hybridized carbons (Fsp3) is 0.118. The number of aromatic carboxylic acids is 1. The van der Waals surface area contributed by atoms with E-state index in [4.69, 9.17) is 14.6 Å². The van der Waals surface area contributed by atoms with Crippen LogP contribution in [0.3, 0.4) is 0 Å². The molecule has 3 aromatic rings. The highest BCUT2D eigenvalue weighted by Gasteiger charge is 2.11. The lowest BCUT2D eigenvalue weighted by Gasteiger charge is -2.09. The van der Waals surface area contributed by atoms with Crippen molar-refractivity contribution in [2.24, 2.45) is 0 Å². The van der Waals surface area contributed by atoms with Gasteiger partial charge in [0.1, 0.15) is 0 Å². The van der Waals surface area contributed by atoms with Crippen LogP contribution in [0.25, 0.3) is 10.9 Å². The van der Waals surface area contributed by atoms with E-state index < -0.39 is 5.97 Å². The molecule has 0 radical (unpaired) electrons. The molecule has 1 aromatic heterocycles. The van der Waals surface area contributed by atoms with E-state index in [1.807, 2.05) is 0 Å². The fourth-order valence-corrected chi connectivity index (χ4v) is 3.03. The summed E-state index contributed by atoms with van der Waals surface area (Å²) in [6.45, 7) is 0. The average Bonchev–Trinajstić information content (AvgIpc) is 2.61. The van der Waals surface area contributed by atoms with Gasteiger partial charge in [0.05, 0.1) is 30.7 Å². The number of benzene rings is 2. The molecule has 0 saturated heterocycles. The standard InChI is InChI=1S/C17H14N2O5S/c1-23-13-7-11-12(8-14(13)24-2)19-17(25-16(11)22)18-10-5-3-9(4-6-10)15(20)21/h3-8H,1-2H3,(H,18,19)(H,20,21). The van der Waals surface area contributed by atoms with Crippen LogP contribution >= 0.6 is 11.3 Å². The van der Waals surface area contributed by atoms with Crippen molar-refractivity contribution in [1.29, 1.82) is 0 Å². The van der Waals surface area contributed by atoms with Crippen LogP contribution in [0.1, 0.15) is 10.4 Å². The molecule has 0 spiro atoms. The van der Waals surface area contributed by atoms with E-state index >= 15 is 0 Å². The van der Waals surface area contributed by atoms with Crippen molar-refractivity contribution >= 4 is 39.0 Å². The molecular formula is C17H14N2O5S. The number of nitrogens with zero attached hydrogens (tertiary/aromatic N) is 1. The third kappa shape index (κ3) is 3.38. The Bertz CT molecular complexity index is 998. The molecule has 8 heteroatoms. The minimum Gasteiger partial charge on any atom is -0.493 e. The number of methoxy groups -OCH3 is 2. The monoisotopic (exact) mass is 358 g/mol. The van der Waals surface area contributed by atoms with Gasteiger partial charge in [-0.2, -0.15) is 0 Å². The molecule has 0 aliphatic rings. The molecule has 0 amide bonds. The van der Waals surface area contributed by atoms with E-state index in [1.54, 1.807) is 24.3 Å². The second kappa shape index (κ2) is 6.78. The topological polar surface area (TPSA) is 97.8 Å². The van der Waals surface area contributed by atoms with Crippen LogP contribution in [0.4, 0.5) is 10.8 Å². The van der Waals surface area contributed by atoms with E-state index in [0.29, 0.717) is 33.2 Å². The van der Waals surface area contributed by atoms with Crippen LogP contribution in [0.2, 0.25) is 0 Å². The summed E-state index contributed by atoms with van der Waals surface area (Å²) in [6.07, 6.45) is 0. The number of ether oxygens (including phenoxy) is 2. The Hall–Kier alpha value is -3.13. The predicted octanol–water partition coefficient (Wildman–Crippen LogP) is 3.12. The summed E-state index contributed by atoms with van der Waals surface area (Å²) in [5.41, 5.74) is 1.29. The van der Waals surface area contributed by atoms with Crippen LogP contribution in [0.15, 0.2) is 41.2 Å². The Morgan fingerprint density at radius 2 is 1.76 bits per heavy atom. The van der Waals surface area contributed by atoms with Crippen molar-refractivity contribution in [2.45, 2.75) is 0 Å². The zero-order valence-electron chi connectivity index (χ0n) is 13.4. The van der Waals surface area contributed by atoms with Gasteiger partial charge in [-0.15, -0.1) is 0 Å². The highest BCUT2D eigenvalue weighted by molar-refractivity contribution is 7.13. The Balaban J connectivity index is 1.99. The number of fused-ring (bicyclic) bond motifs is 1. The predicted molar refractivity (Wildman–Crippen MR) is 95.7 cm³/mol. The second-order valence-corrected chi connectivity index (χ2v) is 6.00. The summed E-state index contributed by atoms with van der Waals surface area (Å²) in [5.74, 6) is -0.0537. The molecule has 0 saturated carbocycles. The molecule has 0 atom stereocenters. The van der Waals surface area contributed by atoms with Crippen LogP contribution in [-0.4, -0.2) is 30.3 Å². The van der Waals surface area contributed by atoms with Crippen molar-refractivity contribution in [3.05, 3.63) is 51.5 Å². The van der Waals surface area contributed by atoms with Crippen LogP contribution < -0.4 is 19.5 Å². The van der Waals surface area contributed by atoms with E-state index in [1.165, 1.54) is 26.4 Å². The van der Waals surface area contributed by atoms with Crippen molar-refractivity contribution in [3.63, 3.8) is 0 Å². The molecule has 2 aromatic carbocycles. The van der Waals surface area contributed by atoms with Gasteiger partial charge in [-0.1, -0.05) is 11.3 Å². The molecule has 0 unspecified atom stereocenters. The van der Waals surface area contributed by atoms with Crippen LogP contribution in [0.5, 0.6) is 11.5 Å². The SMILES string of the molecule is COc1cc2nc(Nc3ccc(C(=O)O)cc3)sc(=O)c2cc1OC. The average molecular weight is 358 g/mol. The van der Waals surface area contributed by atoms with Crippen LogP contribution in [0, 0.1) is 0 Å². The van der Waals surface area contributed by atoms with E-state index in [-0.39, 0.29) is 10.3 Å². The molecule has 0 aliphatic heterocycles. The van der Waals surface area contributed by atoms with Gasteiger partial charge in [-0.25, -0.2) is 9.78 Å². The second-order valence-electron chi connectivity index (χ2n) is 5.04.